The van der Waals surface area contributed by atoms with Gasteiger partial charge in [0.05, 0.1) is 25.8 Å². The number of nitrogens with zero attached hydrogens (tertiary/aromatic N) is 4. The molecule has 0 bridgehead atoms. The molecule has 120 valence electrons. The van der Waals surface area contributed by atoms with E-state index in [1.807, 2.05) is 34.5 Å². The highest BCUT2D eigenvalue weighted by Crippen LogP contribution is 2.26. The minimum atomic E-state index is 0.464. The molecule has 1 aliphatic rings. The minimum Gasteiger partial charge on any atom is -0.379 e. The molecule has 0 aromatic carbocycles. The summed E-state index contributed by atoms with van der Waals surface area (Å²) in [6, 6.07) is 6.84. The van der Waals surface area contributed by atoms with Gasteiger partial charge < -0.3 is 9.64 Å². The predicted molar refractivity (Wildman–Crippen MR) is 89.2 cm³/mol. The summed E-state index contributed by atoms with van der Waals surface area (Å²) in [5.74, 6) is 0. The molecule has 6 heteroatoms. The molecule has 0 radical (unpaired) electrons. The van der Waals surface area contributed by atoms with Crippen molar-refractivity contribution in [3.05, 3.63) is 40.8 Å². The van der Waals surface area contributed by atoms with Gasteiger partial charge in [-0.3, -0.25) is 9.58 Å². The van der Waals surface area contributed by atoms with Gasteiger partial charge in [0.2, 0.25) is 0 Å². The van der Waals surface area contributed by atoms with Crippen LogP contribution in [0.1, 0.15) is 10.9 Å². The molecule has 0 amide bonds. The number of likely N-dealkylation sites (N-methyl/N-ethyl adjacent to an activating group) is 1. The molecule has 1 fully saturated rings. The van der Waals surface area contributed by atoms with Crippen LogP contribution in [0.5, 0.6) is 0 Å². The number of morpholine rings is 1. The van der Waals surface area contributed by atoms with Crippen LogP contribution in [0.4, 0.5) is 0 Å². The third-order valence-electron chi connectivity index (χ3n) is 4.11. The lowest BCUT2D eigenvalue weighted by Gasteiger charge is -2.36. The maximum atomic E-state index is 5.51. The van der Waals surface area contributed by atoms with E-state index in [2.05, 4.69) is 39.5 Å². The summed E-state index contributed by atoms with van der Waals surface area (Å²) in [4.78, 5) is 6.41. The number of rotatable bonds is 7. The van der Waals surface area contributed by atoms with Crippen LogP contribution in [-0.2, 0) is 11.3 Å². The molecule has 0 saturated carbocycles. The van der Waals surface area contributed by atoms with Gasteiger partial charge >= 0.3 is 0 Å². The molecular weight excluding hydrogens is 296 g/mol. The van der Waals surface area contributed by atoms with Crippen molar-refractivity contribution in [2.45, 2.75) is 12.6 Å². The van der Waals surface area contributed by atoms with Crippen LogP contribution < -0.4 is 0 Å². The second kappa shape index (κ2) is 7.87. The first kappa shape index (κ1) is 15.7. The fourth-order valence-corrected chi connectivity index (χ4v) is 3.70. The van der Waals surface area contributed by atoms with Crippen molar-refractivity contribution in [3.8, 4) is 0 Å². The Morgan fingerprint density at radius 3 is 2.91 bits per heavy atom. The summed E-state index contributed by atoms with van der Waals surface area (Å²) in [5, 5.41) is 6.45. The molecule has 0 aliphatic carbocycles. The zero-order chi connectivity index (χ0) is 15.2. The Hall–Kier alpha value is -1.21. The van der Waals surface area contributed by atoms with E-state index in [4.69, 9.17) is 4.74 Å². The maximum Gasteiger partial charge on any atom is 0.0594 e. The minimum absolute atomic E-state index is 0.464. The van der Waals surface area contributed by atoms with Crippen LogP contribution in [0, 0.1) is 0 Å². The lowest BCUT2D eigenvalue weighted by molar-refractivity contribution is 0.00991. The molecule has 2 aromatic rings. The van der Waals surface area contributed by atoms with E-state index in [0.717, 1.165) is 45.9 Å². The summed E-state index contributed by atoms with van der Waals surface area (Å²) >= 11 is 1.86. The molecule has 22 heavy (non-hydrogen) atoms. The van der Waals surface area contributed by atoms with Crippen molar-refractivity contribution >= 4 is 11.3 Å². The molecule has 3 rings (SSSR count). The first-order valence-corrected chi connectivity index (χ1v) is 8.72. The van der Waals surface area contributed by atoms with Crippen molar-refractivity contribution in [2.75, 3.05) is 46.4 Å². The average Bonchev–Trinajstić information content (AvgIpc) is 3.25. The fourth-order valence-electron chi connectivity index (χ4n) is 2.85. The predicted octanol–water partition coefficient (Wildman–Crippen LogP) is 1.95. The van der Waals surface area contributed by atoms with E-state index in [0.29, 0.717) is 6.04 Å². The van der Waals surface area contributed by atoms with Crippen LogP contribution >= 0.6 is 11.3 Å². The Kier molecular flexibility index (Phi) is 5.61. The third kappa shape index (κ3) is 4.16. The number of thiophene rings is 1. The van der Waals surface area contributed by atoms with Crippen LogP contribution in [0.25, 0.3) is 0 Å². The number of ether oxygens (including phenoxy) is 1. The quantitative estimate of drug-likeness (QED) is 0.781. The molecule has 0 spiro atoms. The lowest BCUT2D eigenvalue weighted by atomic mass is 10.1. The van der Waals surface area contributed by atoms with Gasteiger partial charge in [0.1, 0.15) is 0 Å². The van der Waals surface area contributed by atoms with Crippen LogP contribution in [0.15, 0.2) is 36.0 Å². The normalized spacial score (nSPS) is 17.9. The van der Waals surface area contributed by atoms with Gasteiger partial charge in [0.15, 0.2) is 0 Å². The number of aromatic nitrogens is 2. The van der Waals surface area contributed by atoms with Gasteiger partial charge in [0.25, 0.3) is 0 Å². The molecule has 3 heterocycles. The van der Waals surface area contributed by atoms with E-state index >= 15 is 0 Å². The summed E-state index contributed by atoms with van der Waals surface area (Å²) < 4.78 is 7.50. The zero-order valence-electron chi connectivity index (χ0n) is 13.1. The highest BCUT2D eigenvalue weighted by atomic mass is 32.1. The molecule has 0 N–H and O–H groups in total. The van der Waals surface area contributed by atoms with Gasteiger partial charge in [-0.1, -0.05) is 6.07 Å². The van der Waals surface area contributed by atoms with Gasteiger partial charge in [-0.25, -0.2) is 0 Å². The first-order chi connectivity index (χ1) is 10.8. The van der Waals surface area contributed by atoms with Gasteiger partial charge in [-0.15, -0.1) is 11.3 Å². The van der Waals surface area contributed by atoms with Crippen molar-refractivity contribution in [3.63, 3.8) is 0 Å². The number of hydrogen-bond donors (Lipinski definition) is 0. The first-order valence-electron chi connectivity index (χ1n) is 7.84. The highest BCUT2D eigenvalue weighted by Gasteiger charge is 2.24. The van der Waals surface area contributed by atoms with Crippen LogP contribution in [-0.4, -0.2) is 66.0 Å². The van der Waals surface area contributed by atoms with Gasteiger partial charge in [-0.2, -0.15) is 5.10 Å². The smallest absolute Gasteiger partial charge is 0.0594 e. The van der Waals surface area contributed by atoms with Crippen molar-refractivity contribution < 1.29 is 4.74 Å². The van der Waals surface area contributed by atoms with E-state index in [1.54, 1.807) is 0 Å². The standard InChI is InChI=1S/C16H24N4OS/c1-18(7-8-20-6-3-5-17-20)14-15(16-4-2-13-22-16)19-9-11-21-12-10-19/h2-6,13,15H,7-12,14H2,1H3/t15-/m0/s1. The molecule has 1 saturated heterocycles. The molecule has 1 atom stereocenters. The molecule has 0 unspecified atom stereocenters. The lowest BCUT2D eigenvalue weighted by Crippen LogP contribution is -2.43. The molecule has 5 nitrogen and oxygen atoms in total. The Labute approximate surface area is 136 Å². The second-order valence-corrected chi connectivity index (χ2v) is 6.69. The summed E-state index contributed by atoms with van der Waals surface area (Å²) in [5.41, 5.74) is 0. The van der Waals surface area contributed by atoms with Crippen molar-refractivity contribution in [1.29, 1.82) is 0 Å². The van der Waals surface area contributed by atoms with E-state index in [9.17, 15) is 0 Å². The van der Waals surface area contributed by atoms with Gasteiger partial charge in [-0.05, 0) is 24.6 Å². The second-order valence-electron chi connectivity index (χ2n) is 5.71. The molecule has 2 aromatic heterocycles. The zero-order valence-corrected chi connectivity index (χ0v) is 13.9. The summed E-state index contributed by atoms with van der Waals surface area (Å²) in [6.07, 6.45) is 3.86. The number of hydrogen-bond acceptors (Lipinski definition) is 5. The Morgan fingerprint density at radius 1 is 1.36 bits per heavy atom. The highest BCUT2D eigenvalue weighted by molar-refractivity contribution is 7.10. The summed E-state index contributed by atoms with van der Waals surface area (Å²) in [6.45, 7) is 6.72. The topological polar surface area (TPSA) is 33.5 Å². The van der Waals surface area contributed by atoms with E-state index in [-0.39, 0.29) is 0 Å². The SMILES string of the molecule is CN(CCn1cccn1)C[C@@H](c1cccs1)N1CCOCC1. The fraction of sp³-hybridized carbons (Fsp3) is 0.562. The molecular formula is C16H24N4OS. The largest absolute Gasteiger partial charge is 0.379 e. The van der Waals surface area contributed by atoms with Crippen LogP contribution in [0.2, 0.25) is 0 Å². The Balaban J connectivity index is 1.59. The van der Waals surface area contributed by atoms with E-state index in [1.165, 1.54) is 4.88 Å². The third-order valence-corrected chi connectivity index (χ3v) is 5.09. The Morgan fingerprint density at radius 2 is 2.23 bits per heavy atom. The monoisotopic (exact) mass is 320 g/mol. The van der Waals surface area contributed by atoms with E-state index < -0.39 is 0 Å². The Bertz CT molecular complexity index is 522. The maximum absolute atomic E-state index is 5.51. The van der Waals surface area contributed by atoms with Crippen LogP contribution in [0.3, 0.4) is 0 Å². The average molecular weight is 320 g/mol. The summed E-state index contributed by atoms with van der Waals surface area (Å²) in [7, 11) is 2.20. The van der Waals surface area contributed by atoms with Crippen molar-refractivity contribution in [1.82, 2.24) is 19.6 Å². The van der Waals surface area contributed by atoms with Crippen molar-refractivity contribution in [2.24, 2.45) is 0 Å². The molecule has 1 aliphatic heterocycles. The van der Waals surface area contributed by atoms with Gasteiger partial charge in [0, 0.05) is 43.4 Å².